The number of amides is 1. The van der Waals surface area contributed by atoms with E-state index in [0.29, 0.717) is 30.3 Å². The lowest BCUT2D eigenvalue weighted by Gasteiger charge is -2.42. The Morgan fingerprint density at radius 1 is 1.12 bits per heavy atom. The Morgan fingerprint density at radius 2 is 1.98 bits per heavy atom. The van der Waals surface area contributed by atoms with Crippen molar-refractivity contribution in [2.75, 3.05) is 18.0 Å². The van der Waals surface area contributed by atoms with E-state index < -0.39 is 27.3 Å². The summed E-state index contributed by atoms with van der Waals surface area (Å²) in [7, 11) is -4.11. The van der Waals surface area contributed by atoms with E-state index in [1.54, 1.807) is 30.4 Å². The third-order valence-corrected chi connectivity index (χ3v) is 10.6. The van der Waals surface area contributed by atoms with Gasteiger partial charge in [-0.2, -0.15) is 5.26 Å². The molecule has 0 unspecified atom stereocenters. The average Bonchev–Trinajstić information content (AvgIpc) is 2.95. The summed E-state index contributed by atoms with van der Waals surface area (Å²) in [6.45, 7) is 1.74. The van der Waals surface area contributed by atoms with E-state index >= 15 is 0 Å². The van der Waals surface area contributed by atoms with Crippen LogP contribution in [0.5, 0.6) is 5.75 Å². The Morgan fingerprint density at radius 3 is 2.76 bits per heavy atom. The van der Waals surface area contributed by atoms with Crippen LogP contribution >= 0.6 is 11.6 Å². The van der Waals surface area contributed by atoms with E-state index in [4.69, 9.17) is 16.3 Å². The summed E-state index contributed by atoms with van der Waals surface area (Å²) in [6.07, 6.45) is 7.85. The highest BCUT2D eigenvalue weighted by Crippen LogP contribution is 2.41. The smallest absolute Gasteiger partial charge is 0.264 e. The largest absolute Gasteiger partial charge is 0.487 e. The van der Waals surface area contributed by atoms with Crippen LogP contribution in [0.2, 0.25) is 5.02 Å². The number of hydrogen-bond acceptors (Lipinski definition) is 7. The van der Waals surface area contributed by atoms with Crippen molar-refractivity contribution in [3.63, 3.8) is 0 Å². The molecule has 3 aliphatic rings. The van der Waals surface area contributed by atoms with Crippen LogP contribution in [0, 0.1) is 23.2 Å². The van der Waals surface area contributed by atoms with Crippen molar-refractivity contribution in [2.45, 2.75) is 69.3 Å². The number of carbonyl (C=O) groups excluding carboxylic acids is 1. The number of aryl methyl sites for hydroxylation is 1. The predicted molar refractivity (Wildman–Crippen MR) is 158 cm³/mol. The fourth-order valence-electron chi connectivity index (χ4n) is 6.03. The molecule has 2 heterocycles. The van der Waals surface area contributed by atoms with Crippen molar-refractivity contribution in [1.29, 1.82) is 5.26 Å². The molecule has 218 valence electrons. The maximum atomic E-state index is 13.3. The first-order valence-electron chi connectivity index (χ1n) is 14.3. The van der Waals surface area contributed by atoms with Gasteiger partial charge in [-0.3, -0.25) is 4.79 Å². The third kappa shape index (κ3) is 6.88. The van der Waals surface area contributed by atoms with Crippen molar-refractivity contribution in [3.05, 3.63) is 70.3 Å². The fourth-order valence-corrected chi connectivity index (χ4v) is 7.51. The number of aliphatic hydroxyl groups excluding tert-OH is 1. The molecule has 2 aromatic carbocycles. The Bertz CT molecular complexity index is 1450. The topological polar surface area (TPSA) is 120 Å². The number of sulfonamides is 1. The number of nitrogens with one attached hydrogen (secondary N) is 1. The van der Waals surface area contributed by atoms with Crippen LogP contribution in [0.3, 0.4) is 0 Å². The van der Waals surface area contributed by atoms with Gasteiger partial charge in [-0.25, -0.2) is 13.1 Å². The standard InChI is InChI=1S/C31H36ClN3O5S/c32-25-11-8-24-20-40-30-13-10-22-18-28(30)35(16-4-3-5-21(24)17-25)19-23-9-12-27(23)29(36)7-2-1-6-26(14-15-33)41(38,39)34-31(22)37/h2,7-8,10-11,13,17-18,23,26-27,29,36H,1,3-6,9,12,14,16,19-20H2,(H,34,37)/b7-2+/t23-,26+,27+,29-/m0/s1. The number of allylic oxidation sites excluding steroid dienone is 1. The molecule has 1 saturated carbocycles. The SMILES string of the molecule is N#CC[C@H]1CC/C=C/[C@H](O)[C@@H]2CC[C@H]2CN2CCCCc3cc(Cl)ccc3COc3ccc(cc32)C(=O)NS1(=O)=O. The molecule has 10 heteroatoms. The summed E-state index contributed by atoms with van der Waals surface area (Å²) in [4.78, 5) is 15.5. The molecule has 2 aliphatic heterocycles. The molecular formula is C31H36ClN3O5S. The number of fused-ring (bicyclic) bond motifs is 3. The zero-order valence-corrected chi connectivity index (χ0v) is 24.5. The van der Waals surface area contributed by atoms with Crippen molar-refractivity contribution < 1.29 is 23.1 Å². The van der Waals surface area contributed by atoms with Gasteiger partial charge >= 0.3 is 0 Å². The van der Waals surface area contributed by atoms with Gasteiger partial charge in [0.15, 0.2) is 0 Å². The molecule has 4 atom stereocenters. The number of halogens is 1. The van der Waals surface area contributed by atoms with E-state index in [0.717, 1.165) is 55.5 Å². The first kappa shape index (κ1) is 29.4. The Balaban J connectivity index is 1.53. The second-order valence-electron chi connectivity index (χ2n) is 11.2. The summed E-state index contributed by atoms with van der Waals surface area (Å²) < 4.78 is 34.8. The predicted octanol–water partition coefficient (Wildman–Crippen LogP) is 5.14. The molecule has 1 amide bonds. The van der Waals surface area contributed by atoms with Crippen LogP contribution < -0.4 is 14.4 Å². The van der Waals surface area contributed by atoms with Crippen LogP contribution in [0.1, 0.15) is 66.4 Å². The van der Waals surface area contributed by atoms with E-state index in [2.05, 4.69) is 9.62 Å². The van der Waals surface area contributed by atoms with Crippen LogP contribution in [0.25, 0.3) is 0 Å². The maximum Gasteiger partial charge on any atom is 0.264 e. The van der Waals surface area contributed by atoms with Gasteiger partial charge in [-0.1, -0.05) is 29.8 Å². The van der Waals surface area contributed by atoms with Crippen LogP contribution in [-0.4, -0.2) is 43.9 Å². The highest BCUT2D eigenvalue weighted by molar-refractivity contribution is 7.90. The van der Waals surface area contributed by atoms with Crippen LogP contribution in [0.15, 0.2) is 48.6 Å². The molecule has 1 fully saturated rings. The summed E-state index contributed by atoms with van der Waals surface area (Å²) in [5.74, 6) is 0.232. The second kappa shape index (κ2) is 12.8. The summed E-state index contributed by atoms with van der Waals surface area (Å²) >= 11 is 6.28. The third-order valence-electron chi connectivity index (χ3n) is 8.59. The number of hydrogen-bond donors (Lipinski definition) is 2. The summed E-state index contributed by atoms with van der Waals surface area (Å²) in [5, 5.41) is 19.9. The average molecular weight is 598 g/mol. The molecule has 0 aromatic heterocycles. The number of ether oxygens (including phenoxy) is 1. The number of aliphatic hydroxyl groups is 1. The van der Waals surface area contributed by atoms with E-state index in [1.807, 2.05) is 24.3 Å². The molecule has 2 N–H and O–H groups in total. The van der Waals surface area contributed by atoms with Gasteiger partial charge in [-0.05, 0) is 98.2 Å². The molecule has 0 spiro atoms. The van der Waals surface area contributed by atoms with Gasteiger partial charge in [-0.15, -0.1) is 0 Å². The van der Waals surface area contributed by atoms with Gasteiger partial charge in [0.1, 0.15) is 12.4 Å². The van der Waals surface area contributed by atoms with Crippen molar-refractivity contribution in [1.82, 2.24) is 4.72 Å². The maximum absolute atomic E-state index is 13.3. The zero-order chi connectivity index (χ0) is 29.0. The monoisotopic (exact) mass is 597 g/mol. The Labute approximate surface area is 247 Å². The lowest BCUT2D eigenvalue weighted by atomic mass is 9.70. The van der Waals surface area contributed by atoms with Gasteiger partial charge in [0.2, 0.25) is 10.0 Å². The van der Waals surface area contributed by atoms with Crippen molar-refractivity contribution in [3.8, 4) is 11.8 Å². The zero-order valence-electron chi connectivity index (χ0n) is 23.0. The molecule has 5 rings (SSSR count). The molecule has 8 nitrogen and oxygen atoms in total. The first-order valence-corrected chi connectivity index (χ1v) is 16.2. The van der Waals surface area contributed by atoms with Gasteiger partial charge < -0.3 is 14.7 Å². The first-order chi connectivity index (χ1) is 19.7. The number of nitrogens with zero attached hydrogens (tertiary/aromatic N) is 2. The minimum absolute atomic E-state index is 0.0956. The van der Waals surface area contributed by atoms with E-state index in [-0.39, 0.29) is 30.2 Å². The molecule has 2 aromatic rings. The quantitative estimate of drug-likeness (QED) is 0.437. The molecule has 1 aliphatic carbocycles. The minimum Gasteiger partial charge on any atom is -0.487 e. The van der Waals surface area contributed by atoms with Crippen LogP contribution in [-0.2, 0) is 23.1 Å². The minimum atomic E-state index is -4.11. The van der Waals surface area contributed by atoms with Crippen molar-refractivity contribution >= 4 is 33.2 Å². The number of benzene rings is 2. The second-order valence-corrected chi connectivity index (χ2v) is 13.6. The highest BCUT2D eigenvalue weighted by Gasteiger charge is 2.37. The van der Waals surface area contributed by atoms with E-state index in [1.165, 1.54) is 0 Å². The van der Waals surface area contributed by atoms with Crippen LogP contribution in [0.4, 0.5) is 5.69 Å². The van der Waals surface area contributed by atoms with Gasteiger partial charge in [0, 0.05) is 23.7 Å². The molecular weight excluding hydrogens is 562 g/mol. The highest BCUT2D eigenvalue weighted by atomic mass is 35.5. The van der Waals surface area contributed by atoms with E-state index in [9.17, 15) is 23.6 Å². The lowest BCUT2D eigenvalue weighted by Crippen LogP contribution is -2.43. The molecule has 0 radical (unpaired) electrons. The number of carbonyl (C=O) groups is 1. The number of rotatable bonds is 1. The fraction of sp³-hybridized carbons (Fsp3) is 0.484. The number of nitriles is 1. The molecule has 41 heavy (non-hydrogen) atoms. The summed E-state index contributed by atoms with van der Waals surface area (Å²) in [5.41, 5.74) is 3.13. The van der Waals surface area contributed by atoms with Gasteiger partial charge in [0.25, 0.3) is 5.91 Å². The normalized spacial score (nSPS) is 27.3. The summed E-state index contributed by atoms with van der Waals surface area (Å²) in [6, 6.07) is 12.8. The number of anilines is 1. The lowest BCUT2D eigenvalue weighted by molar-refractivity contribution is 0.0461. The molecule has 2 bridgehead atoms. The Kier molecular flexibility index (Phi) is 9.22. The van der Waals surface area contributed by atoms with Gasteiger partial charge in [0.05, 0.1) is 29.5 Å². The van der Waals surface area contributed by atoms with Crippen molar-refractivity contribution in [2.24, 2.45) is 11.8 Å². The Hall–Kier alpha value is -3.06. The molecule has 0 saturated heterocycles.